The second kappa shape index (κ2) is 4.94. The summed E-state index contributed by atoms with van der Waals surface area (Å²) < 4.78 is 11.2. The van der Waals surface area contributed by atoms with Crippen LogP contribution >= 0.6 is 15.9 Å². The number of aryl methyl sites for hydroxylation is 2. The van der Waals surface area contributed by atoms with Crippen LogP contribution in [-0.4, -0.2) is 18.1 Å². The van der Waals surface area contributed by atoms with Gasteiger partial charge in [-0.2, -0.15) is 0 Å². The zero-order valence-electron chi connectivity index (χ0n) is 10.3. The van der Waals surface area contributed by atoms with Crippen molar-refractivity contribution in [3.05, 3.63) is 39.7 Å². The molecule has 4 nitrogen and oxygen atoms in total. The molecule has 0 aliphatic heterocycles. The summed E-state index contributed by atoms with van der Waals surface area (Å²) in [7, 11) is 1.32. The molecule has 0 N–H and O–H groups in total. The highest BCUT2D eigenvalue weighted by molar-refractivity contribution is 9.10. The topological polar surface area (TPSA) is 52.3 Å². The zero-order chi connectivity index (χ0) is 13.3. The van der Waals surface area contributed by atoms with Crippen molar-refractivity contribution in [2.24, 2.45) is 0 Å². The summed E-state index contributed by atoms with van der Waals surface area (Å²) in [4.78, 5) is 15.7. The van der Waals surface area contributed by atoms with Gasteiger partial charge >= 0.3 is 5.97 Å². The second-order valence-corrected chi connectivity index (χ2v) is 4.79. The van der Waals surface area contributed by atoms with E-state index in [1.165, 1.54) is 7.11 Å². The van der Waals surface area contributed by atoms with Crippen molar-refractivity contribution in [3.8, 4) is 11.5 Å². The first kappa shape index (κ1) is 12.8. The number of hydrogen-bond donors (Lipinski definition) is 0. The van der Waals surface area contributed by atoms with Gasteiger partial charge in [0.1, 0.15) is 5.76 Å². The van der Waals surface area contributed by atoms with E-state index in [9.17, 15) is 4.79 Å². The molecule has 0 unspecified atom stereocenters. The Labute approximate surface area is 113 Å². The van der Waals surface area contributed by atoms with Crippen LogP contribution in [0.2, 0.25) is 0 Å². The quantitative estimate of drug-likeness (QED) is 0.797. The largest absolute Gasteiger partial charge is 0.464 e. The van der Waals surface area contributed by atoms with Gasteiger partial charge in [-0.1, -0.05) is 15.9 Å². The number of methoxy groups -OCH3 is 1. The van der Waals surface area contributed by atoms with Crippen molar-refractivity contribution in [2.75, 3.05) is 7.11 Å². The Morgan fingerprint density at radius 1 is 1.39 bits per heavy atom. The molecule has 94 valence electrons. The van der Waals surface area contributed by atoms with E-state index in [1.807, 2.05) is 25.1 Å². The average Bonchev–Trinajstić information content (AvgIpc) is 2.70. The zero-order valence-corrected chi connectivity index (χ0v) is 11.9. The molecular weight excluding hydrogens is 298 g/mol. The van der Waals surface area contributed by atoms with Gasteiger partial charge in [-0.15, -0.1) is 0 Å². The van der Waals surface area contributed by atoms with E-state index in [-0.39, 0.29) is 5.69 Å². The maximum atomic E-state index is 11.5. The molecular formula is C13H12BrNO3. The van der Waals surface area contributed by atoms with Crippen molar-refractivity contribution in [2.45, 2.75) is 13.8 Å². The highest BCUT2D eigenvalue weighted by Crippen LogP contribution is 2.27. The van der Waals surface area contributed by atoms with Gasteiger partial charge in [-0.25, -0.2) is 9.78 Å². The van der Waals surface area contributed by atoms with Crippen molar-refractivity contribution in [1.82, 2.24) is 4.98 Å². The fourth-order valence-corrected chi connectivity index (χ4v) is 2.14. The third-order valence-electron chi connectivity index (χ3n) is 2.59. The molecule has 18 heavy (non-hydrogen) atoms. The van der Waals surface area contributed by atoms with E-state index in [0.29, 0.717) is 11.7 Å². The molecule has 2 rings (SSSR count). The highest BCUT2D eigenvalue weighted by atomic mass is 79.9. The van der Waals surface area contributed by atoms with Gasteiger partial charge in [0, 0.05) is 10.0 Å². The van der Waals surface area contributed by atoms with Crippen LogP contribution in [0.5, 0.6) is 0 Å². The van der Waals surface area contributed by atoms with Gasteiger partial charge in [0.15, 0.2) is 5.69 Å². The fraction of sp³-hybridized carbons (Fsp3) is 0.231. The molecule has 0 aliphatic carbocycles. The third-order valence-corrected chi connectivity index (χ3v) is 3.09. The predicted molar refractivity (Wildman–Crippen MR) is 70.5 cm³/mol. The molecule has 0 atom stereocenters. The highest BCUT2D eigenvalue weighted by Gasteiger charge is 2.19. The van der Waals surface area contributed by atoms with Crippen molar-refractivity contribution in [3.63, 3.8) is 0 Å². The molecule has 1 aromatic carbocycles. The lowest BCUT2D eigenvalue weighted by Crippen LogP contribution is -2.03. The maximum absolute atomic E-state index is 11.5. The summed E-state index contributed by atoms with van der Waals surface area (Å²) in [5.41, 5.74) is 2.09. The molecule has 5 heteroatoms. The van der Waals surface area contributed by atoms with Gasteiger partial charge in [0.25, 0.3) is 0 Å². The number of carbonyl (C=O) groups excluding carboxylic acids is 1. The number of hydrogen-bond acceptors (Lipinski definition) is 4. The Morgan fingerprint density at radius 3 is 2.72 bits per heavy atom. The number of ether oxygens (including phenoxy) is 1. The lowest BCUT2D eigenvalue weighted by Gasteiger charge is -2.01. The summed E-state index contributed by atoms with van der Waals surface area (Å²) in [5.74, 6) is 0.398. The maximum Gasteiger partial charge on any atom is 0.360 e. The molecule has 0 aliphatic rings. The van der Waals surface area contributed by atoms with E-state index in [1.54, 1.807) is 6.92 Å². The first-order chi connectivity index (χ1) is 8.52. The van der Waals surface area contributed by atoms with Crippen LogP contribution in [0.25, 0.3) is 11.5 Å². The van der Waals surface area contributed by atoms with Crippen molar-refractivity contribution < 1.29 is 13.9 Å². The van der Waals surface area contributed by atoms with E-state index in [0.717, 1.165) is 15.6 Å². The lowest BCUT2D eigenvalue weighted by molar-refractivity contribution is 0.0593. The third kappa shape index (κ3) is 2.31. The van der Waals surface area contributed by atoms with Gasteiger partial charge in [-0.05, 0) is 37.6 Å². The van der Waals surface area contributed by atoms with Crippen LogP contribution in [0.15, 0.2) is 27.1 Å². The number of aromatic nitrogens is 1. The number of benzene rings is 1. The van der Waals surface area contributed by atoms with Gasteiger partial charge in [0.05, 0.1) is 7.11 Å². The number of carbonyl (C=O) groups is 1. The number of halogens is 1. The summed E-state index contributed by atoms with van der Waals surface area (Å²) in [6, 6.07) is 5.76. The molecule has 1 heterocycles. The van der Waals surface area contributed by atoms with Crippen LogP contribution in [0.4, 0.5) is 0 Å². The van der Waals surface area contributed by atoms with Crippen LogP contribution in [-0.2, 0) is 4.74 Å². The first-order valence-corrected chi connectivity index (χ1v) is 6.14. The molecule has 0 amide bonds. The summed E-state index contributed by atoms with van der Waals surface area (Å²) in [6.45, 7) is 3.65. The van der Waals surface area contributed by atoms with E-state index < -0.39 is 5.97 Å². The van der Waals surface area contributed by atoms with E-state index in [4.69, 9.17) is 4.42 Å². The predicted octanol–water partition coefficient (Wildman–Crippen LogP) is 3.51. The molecule has 2 aromatic rings. The minimum Gasteiger partial charge on any atom is -0.464 e. The van der Waals surface area contributed by atoms with Crippen LogP contribution in [0, 0.1) is 13.8 Å². The Kier molecular flexibility index (Phi) is 3.52. The summed E-state index contributed by atoms with van der Waals surface area (Å²) in [6.07, 6.45) is 0. The molecule has 0 saturated carbocycles. The lowest BCUT2D eigenvalue weighted by atomic mass is 10.1. The summed E-state index contributed by atoms with van der Waals surface area (Å²) >= 11 is 3.40. The van der Waals surface area contributed by atoms with Gasteiger partial charge in [-0.3, -0.25) is 0 Å². The van der Waals surface area contributed by atoms with Crippen molar-refractivity contribution in [1.29, 1.82) is 0 Å². The van der Waals surface area contributed by atoms with Crippen LogP contribution in [0.3, 0.4) is 0 Å². The minimum atomic E-state index is -0.489. The molecule has 0 spiro atoms. The van der Waals surface area contributed by atoms with Crippen LogP contribution < -0.4 is 0 Å². The first-order valence-electron chi connectivity index (χ1n) is 5.35. The molecule has 0 radical (unpaired) electrons. The summed E-state index contributed by atoms with van der Waals surface area (Å²) in [5, 5.41) is 0. The normalized spacial score (nSPS) is 10.4. The van der Waals surface area contributed by atoms with E-state index in [2.05, 4.69) is 25.7 Å². The average molecular weight is 310 g/mol. The number of rotatable bonds is 2. The standard InChI is InChI=1S/C13H12BrNO3/c1-7-6-9(14)4-5-10(7)12-15-11(8(2)18-12)13(16)17-3/h4-6H,1-3H3. The molecule has 0 bridgehead atoms. The molecule has 0 fully saturated rings. The monoisotopic (exact) mass is 309 g/mol. The number of oxazole rings is 1. The molecule has 1 aromatic heterocycles. The smallest absolute Gasteiger partial charge is 0.360 e. The Hall–Kier alpha value is -1.62. The minimum absolute atomic E-state index is 0.217. The van der Waals surface area contributed by atoms with Gasteiger partial charge in [0.2, 0.25) is 5.89 Å². The van der Waals surface area contributed by atoms with E-state index >= 15 is 0 Å². The van der Waals surface area contributed by atoms with Gasteiger partial charge < -0.3 is 9.15 Å². The number of nitrogens with zero attached hydrogens (tertiary/aromatic N) is 1. The SMILES string of the molecule is COC(=O)c1nc(-c2ccc(Br)cc2C)oc1C. The van der Waals surface area contributed by atoms with Crippen LogP contribution in [0.1, 0.15) is 21.8 Å². The molecule has 0 saturated heterocycles. The Balaban J connectivity index is 2.49. The number of esters is 1. The second-order valence-electron chi connectivity index (χ2n) is 3.87. The Bertz CT molecular complexity index is 604. The Morgan fingerprint density at radius 2 is 2.11 bits per heavy atom. The van der Waals surface area contributed by atoms with Crippen molar-refractivity contribution >= 4 is 21.9 Å². The fourth-order valence-electron chi connectivity index (χ4n) is 1.66.